The highest BCUT2D eigenvalue weighted by molar-refractivity contribution is 7.80. The second-order valence-corrected chi connectivity index (χ2v) is 3.33. The summed E-state index contributed by atoms with van der Waals surface area (Å²) in [5.74, 6) is -1.08. The molecule has 0 atom stereocenters. The Balaban J connectivity index is 3.29. The van der Waals surface area contributed by atoms with Gasteiger partial charge in [-0.3, -0.25) is 0 Å². The molecule has 0 unspecified atom stereocenters. The van der Waals surface area contributed by atoms with Gasteiger partial charge in [0, 0.05) is 4.90 Å². The molecule has 0 radical (unpaired) electrons. The number of carbonyl (C=O) groups excluding carboxylic acids is 1. The monoisotopic (exact) mass is 259 g/mol. The third-order valence-electron chi connectivity index (χ3n) is 1.83. The first-order chi connectivity index (χ1) is 7.99. The van der Waals surface area contributed by atoms with Crippen LogP contribution in [-0.2, 0) is 4.74 Å². The van der Waals surface area contributed by atoms with Gasteiger partial charge in [0.05, 0.1) is 18.2 Å². The first kappa shape index (κ1) is 13.3. The van der Waals surface area contributed by atoms with Crippen LogP contribution in [0.15, 0.2) is 17.0 Å². The molecule has 7 heteroatoms. The fourth-order valence-corrected chi connectivity index (χ4v) is 1.46. The Morgan fingerprint density at radius 2 is 2.18 bits per heavy atom. The summed E-state index contributed by atoms with van der Waals surface area (Å²) in [6.45, 7) is -3.03. The number of hydrogen-bond donors (Lipinski definition) is 1. The molecule has 1 aromatic carbocycles. The molecule has 0 N–H and O–H groups in total. The summed E-state index contributed by atoms with van der Waals surface area (Å²) < 4.78 is 32.6. The van der Waals surface area contributed by atoms with Crippen molar-refractivity contribution in [1.82, 2.24) is 0 Å². The van der Waals surface area contributed by atoms with Crippen molar-refractivity contribution < 1.29 is 23.0 Å². The van der Waals surface area contributed by atoms with E-state index in [1.165, 1.54) is 0 Å². The maximum atomic E-state index is 12.0. The maximum Gasteiger partial charge on any atom is 0.387 e. The molecule has 0 saturated heterocycles. The van der Waals surface area contributed by atoms with Gasteiger partial charge in [-0.25, -0.2) is 4.79 Å². The molecule has 0 spiro atoms. The summed E-state index contributed by atoms with van der Waals surface area (Å²) in [6, 6.07) is 3.87. The first-order valence-corrected chi connectivity index (χ1v) is 4.74. The molecule has 1 aromatic rings. The molecular weight excluding hydrogens is 252 g/mol. The number of ether oxygens (including phenoxy) is 2. The van der Waals surface area contributed by atoms with Gasteiger partial charge in [-0.15, -0.1) is 12.6 Å². The van der Waals surface area contributed by atoms with Gasteiger partial charge in [-0.2, -0.15) is 14.0 Å². The number of benzene rings is 1. The summed E-state index contributed by atoms with van der Waals surface area (Å²) in [5.41, 5.74) is -0.222. The number of rotatable bonds is 3. The molecule has 0 aliphatic rings. The Hall–Kier alpha value is -1.81. The van der Waals surface area contributed by atoms with Crippen LogP contribution in [0, 0.1) is 11.3 Å². The summed E-state index contributed by atoms with van der Waals surface area (Å²) in [6.07, 6.45) is 0. The number of carbonyl (C=O) groups is 1. The van der Waals surface area contributed by atoms with Crippen molar-refractivity contribution in [3.05, 3.63) is 23.3 Å². The first-order valence-electron chi connectivity index (χ1n) is 4.29. The number of thiol groups is 1. The van der Waals surface area contributed by atoms with Gasteiger partial charge >= 0.3 is 12.6 Å². The van der Waals surface area contributed by atoms with Crippen molar-refractivity contribution in [3.63, 3.8) is 0 Å². The van der Waals surface area contributed by atoms with Crippen LogP contribution in [0.2, 0.25) is 0 Å². The molecule has 17 heavy (non-hydrogen) atoms. The predicted octanol–water partition coefficient (Wildman–Crippen LogP) is 2.23. The van der Waals surface area contributed by atoms with E-state index in [0.717, 1.165) is 19.2 Å². The Kier molecular flexibility index (Phi) is 4.29. The lowest BCUT2D eigenvalue weighted by molar-refractivity contribution is -0.0500. The Morgan fingerprint density at radius 1 is 1.53 bits per heavy atom. The zero-order chi connectivity index (χ0) is 13.0. The standard InChI is InChI=1S/C10H7F2NO3S/c1-15-9(14)6-2-5(16-10(11)12)3-8(17)7(6)4-13/h2-3,10,17H,1H3. The highest BCUT2D eigenvalue weighted by atomic mass is 32.1. The predicted molar refractivity (Wildman–Crippen MR) is 56.4 cm³/mol. The second kappa shape index (κ2) is 5.50. The molecule has 0 heterocycles. The van der Waals surface area contributed by atoms with E-state index >= 15 is 0 Å². The molecule has 0 bridgehead atoms. The van der Waals surface area contributed by atoms with Crippen LogP contribution in [0.25, 0.3) is 0 Å². The van der Waals surface area contributed by atoms with Crippen LogP contribution in [0.1, 0.15) is 15.9 Å². The van der Waals surface area contributed by atoms with E-state index in [9.17, 15) is 13.6 Å². The van der Waals surface area contributed by atoms with E-state index in [1.807, 2.05) is 0 Å². The van der Waals surface area contributed by atoms with Gasteiger partial charge < -0.3 is 9.47 Å². The molecule has 1 rings (SSSR count). The van der Waals surface area contributed by atoms with E-state index < -0.39 is 12.6 Å². The Morgan fingerprint density at radius 3 is 2.65 bits per heavy atom. The number of nitriles is 1. The fourth-order valence-electron chi connectivity index (χ4n) is 1.16. The minimum Gasteiger partial charge on any atom is -0.465 e. The minimum atomic E-state index is -3.03. The topological polar surface area (TPSA) is 59.3 Å². The summed E-state index contributed by atoms with van der Waals surface area (Å²) in [7, 11) is 1.11. The number of alkyl halides is 2. The van der Waals surface area contributed by atoms with Crippen LogP contribution in [0.5, 0.6) is 5.75 Å². The molecule has 4 nitrogen and oxygen atoms in total. The summed E-state index contributed by atoms with van der Waals surface area (Å²) in [5, 5.41) is 8.82. The third-order valence-corrected chi connectivity index (χ3v) is 2.19. The molecule has 90 valence electrons. The number of esters is 1. The van der Waals surface area contributed by atoms with Gasteiger partial charge in [0.2, 0.25) is 0 Å². The van der Waals surface area contributed by atoms with E-state index in [0.29, 0.717) is 0 Å². The summed E-state index contributed by atoms with van der Waals surface area (Å²) >= 11 is 3.92. The Bertz CT molecular complexity index is 485. The molecule has 0 amide bonds. The average molecular weight is 259 g/mol. The minimum absolute atomic E-state index is 0.0539. The number of halogens is 2. The quantitative estimate of drug-likeness (QED) is 0.668. The lowest BCUT2D eigenvalue weighted by Crippen LogP contribution is -2.08. The van der Waals surface area contributed by atoms with Crippen LogP contribution in [0.4, 0.5) is 8.78 Å². The van der Waals surface area contributed by atoms with E-state index in [1.54, 1.807) is 6.07 Å². The van der Waals surface area contributed by atoms with Gasteiger partial charge in [-0.05, 0) is 12.1 Å². The van der Waals surface area contributed by atoms with Crippen LogP contribution >= 0.6 is 12.6 Å². The van der Waals surface area contributed by atoms with E-state index in [2.05, 4.69) is 22.1 Å². The number of methoxy groups -OCH3 is 1. The van der Waals surface area contributed by atoms with E-state index in [-0.39, 0.29) is 21.8 Å². The van der Waals surface area contributed by atoms with Crippen molar-refractivity contribution in [1.29, 1.82) is 5.26 Å². The SMILES string of the molecule is COC(=O)c1cc(OC(F)F)cc(S)c1C#N. The molecule has 0 fully saturated rings. The highest BCUT2D eigenvalue weighted by Gasteiger charge is 2.17. The maximum absolute atomic E-state index is 12.0. The van der Waals surface area contributed by atoms with Crippen LogP contribution < -0.4 is 4.74 Å². The van der Waals surface area contributed by atoms with Crippen LogP contribution in [-0.4, -0.2) is 19.7 Å². The second-order valence-electron chi connectivity index (χ2n) is 2.85. The Labute approximate surface area is 101 Å². The molecular formula is C10H7F2NO3S. The molecule has 0 aliphatic carbocycles. The van der Waals surface area contributed by atoms with Crippen molar-refractivity contribution in [3.8, 4) is 11.8 Å². The highest BCUT2D eigenvalue weighted by Crippen LogP contribution is 2.26. The van der Waals surface area contributed by atoms with Crippen molar-refractivity contribution >= 4 is 18.6 Å². The van der Waals surface area contributed by atoms with Gasteiger partial charge in [0.15, 0.2) is 0 Å². The van der Waals surface area contributed by atoms with Gasteiger partial charge in [0.25, 0.3) is 0 Å². The third kappa shape index (κ3) is 3.07. The molecule has 0 aliphatic heterocycles. The van der Waals surface area contributed by atoms with Gasteiger partial charge in [-0.1, -0.05) is 0 Å². The van der Waals surface area contributed by atoms with E-state index in [4.69, 9.17) is 5.26 Å². The largest absolute Gasteiger partial charge is 0.465 e. The van der Waals surface area contributed by atoms with Gasteiger partial charge in [0.1, 0.15) is 11.8 Å². The smallest absolute Gasteiger partial charge is 0.387 e. The zero-order valence-corrected chi connectivity index (χ0v) is 9.50. The summed E-state index contributed by atoms with van der Waals surface area (Å²) in [4.78, 5) is 11.4. The number of hydrogen-bond acceptors (Lipinski definition) is 5. The zero-order valence-electron chi connectivity index (χ0n) is 8.61. The number of nitrogens with zero attached hydrogens (tertiary/aromatic N) is 1. The van der Waals surface area contributed by atoms with Crippen molar-refractivity contribution in [2.75, 3.05) is 7.11 Å². The molecule has 0 aromatic heterocycles. The fraction of sp³-hybridized carbons (Fsp3) is 0.200. The lowest BCUT2D eigenvalue weighted by atomic mass is 10.1. The van der Waals surface area contributed by atoms with Crippen LogP contribution in [0.3, 0.4) is 0 Å². The van der Waals surface area contributed by atoms with Crippen molar-refractivity contribution in [2.24, 2.45) is 0 Å². The van der Waals surface area contributed by atoms with Crippen molar-refractivity contribution in [2.45, 2.75) is 11.5 Å². The lowest BCUT2D eigenvalue weighted by Gasteiger charge is -2.09. The average Bonchev–Trinajstić information content (AvgIpc) is 2.26. The molecule has 0 saturated carbocycles. The normalized spacial score (nSPS) is 9.88.